The molecule has 0 spiro atoms. The molecule has 1 aromatic carbocycles. The first-order valence-electron chi connectivity index (χ1n) is 6.04. The molecule has 2 N–H and O–H groups in total. The van der Waals surface area contributed by atoms with Crippen molar-refractivity contribution in [3.8, 4) is 5.75 Å². The van der Waals surface area contributed by atoms with Crippen LogP contribution in [-0.2, 0) is 0 Å². The van der Waals surface area contributed by atoms with Gasteiger partial charge in [0.1, 0.15) is 5.75 Å². The van der Waals surface area contributed by atoms with Gasteiger partial charge in [0, 0.05) is 13.1 Å². The van der Waals surface area contributed by atoms with Gasteiger partial charge in [-0.25, -0.2) is 4.79 Å². The highest BCUT2D eigenvalue weighted by Crippen LogP contribution is 2.11. The lowest BCUT2D eigenvalue weighted by Gasteiger charge is -2.08. The van der Waals surface area contributed by atoms with Crippen molar-refractivity contribution in [2.24, 2.45) is 0 Å². The van der Waals surface area contributed by atoms with Gasteiger partial charge < -0.3 is 15.4 Å². The van der Waals surface area contributed by atoms with Crippen LogP contribution in [0.5, 0.6) is 5.75 Å². The quantitative estimate of drug-likeness (QED) is 0.574. The molecule has 0 heterocycles. The van der Waals surface area contributed by atoms with Crippen LogP contribution in [0.4, 0.5) is 4.79 Å². The Balaban J connectivity index is 2.06. The van der Waals surface area contributed by atoms with Gasteiger partial charge in [0.2, 0.25) is 0 Å². The van der Waals surface area contributed by atoms with Gasteiger partial charge in [-0.1, -0.05) is 23.8 Å². The van der Waals surface area contributed by atoms with E-state index in [1.165, 1.54) is 5.56 Å². The van der Waals surface area contributed by atoms with Gasteiger partial charge >= 0.3 is 6.03 Å². The normalized spacial score (nSPS) is 9.61. The number of aryl methyl sites for hydroxylation is 1. The highest BCUT2D eigenvalue weighted by molar-refractivity contribution is 5.73. The second-order valence-electron chi connectivity index (χ2n) is 3.94. The Morgan fingerprint density at radius 1 is 1.33 bits per heavy atom. The smallest absolute Gasteiger partial charge is 0.315 e. The zero-order chi connectivity index (χ0) is 13.2. The maximum Gasteiger partial charge on any atom is 0.315 e. The molecule has 98 valence electrons. The zero-order valence-corrected chi connectivity index (χ0v) is 10.7. The first-order valence-corrected chi connectivity index (χ1v) is 6.04. The lowest BCUT2D eigenvalue weighted by molar-refractivity contribution is 0.240. The molecule has 1 aromatic rings. The van der Waals surface area contributed by atoms with Crippen molar-refractivity contribution in [1.82, 2.24) is 10.6 Å². The third-order valence-corrected chi connectivity index (χ3v) is 2.30. The van der Waals surface area contributed by atoms with Gasteiger partial charge in [-0.3, -0.25) is 0 Å². The fourth-order valence-electron chi connectivity index (χ4n) is 1.33. The third kappa shape index (κ3) is 5.94. The summed E-state index contributed by atoms with van der Waals surface area (Å²) in [5, 5.41) is 5.37. The van der Waals surface area contributed by atoms with Gasteiger partial charge in [0.15, 0.2) is 0 Å². The summed E-state index contributed by atoms with van der Waals surface area (Å²) >= 11 is 0. The van der Waals surface area contributed by atoms with E-state index < -0.39 is 0 Å². The number of ether oxygens (including phenoxy) is 1. The van der Waals surface area contributed by atoms with E-state index >= 15 is 0 Å². The first kappa shape index (κ1) is 14.1. The Bertz CT molecular complexity index is 374. The van der Waals surface area contributed by atoms with Crippen molar-refractivity contribution >= 4 is 6.03 Å². The van der Waals surface area contributed by atoms with Crippen molar-refractivity contribution in [1.29, 1.82) is 0 Å². The fourth-order valence-corrected chi connectivity index (χ4v) is 1.33. The largest absolute Gasteiger partial charge is 0.494 e. The van der Waals surface area contributed by atoms with E-state index in [0.717, 1.165) is 12.2 Å². The average molecular weight is 248 g/mol. The number of amides is 2. The summed E-state index contributed by atoms with van der Waals surface area (Å²) in [6, 6.07) is 7.73. The molecule has 0 fully saturated rings. The minimum atomic E-state index is -0.176. The summed E-state index contributed by atoms with van der Waals surface area (Å²) in [4.78, 5) is 11.2. The van der Waals surface area contributed by atoms with E-state index in [1.807, 2.05) is 31.2 Å². The standard InChI is InChI=1S/C14H20N2O2/c1-3-9-15-14(17)16-10-4-11-18-13-7-5-12(2)6-8-13/h3,5-8H,1,4,9-11H2,2H3,(H2,15,16,17). The second-order valence-corrected chi connectivity index (χ2v) is 3.94. The molecule has 0 aromatic heterocycles. The van der Waals surface area contributed by atoms with Crippen molar-refractivity contribution in [3.05, 3.63) is 42.5 Å². The molecular weight excluding hydrogens is 228 g/mol. The zero-order valence-electron chi connectivity index (χ0n) is 10.7. The average Bonchev–Trinajstić information content (AvgIpc) is 2.38. The molecule has 0 atom stereocenters. The molecule has 0 aliphatic rings. The van der Waals surface area contributed by atoms with Crippen LogP contribution in [0.3, 0.4) is 0 Å². The lowest BCUT2D eigenvalue weighted by Crippen LogP contribution is -2.36. The summed E-state index contributed by atoms with van der Waals surface area (Å²) < 4.78 is 5.54. The number of carbonyl (C=O) groups is 1. The Kier molecular flexibility index (Phi) is 6.40. The van der Waals surface area contributed by atoms with E-state index in [4.69, 9.17) is 4.74 Å². The minimum absolute atomic E-state index is 0.176. The van der Waals surface area contributed by atoms with Crippen LogP contribution in [0.1, 0.15) is 12.0 Å². The van der Waals surface area contributed by atoms with E-state index in [9.17, 15) is 4.79 Å². The minimum Gasteiger partial charge on any atom is -0.494 e. The molecule has 0 saturated carbocycles. The van der Waals surface area contributed by atoms with Crippen molar-refractivity contribution < 1.29 is 9.53 Å². The fraction of sp³-hybridized carbons (Fsp3) is 0.357. The van der Waals surface area contributed by atoms with Crippen molar-refractivity contribution in [3.63, 3.8) is 0 Å². The van der Waals surface area contributed by atoms with Crippen LogP contribution < -0.4 is 15.4 Å². The third-order valence-electron chi connectivity index (χ3n) is 2.30. The molecule has 2 amide bonds. The van der Waals surface area contributed by atoms with E-state index in [2.05, 4.69) is 17.2 Å². The maximum absolute atomic E-state index is 11.2. The highest BCUT2D eigenvalue weighted by atomic mass is 16.5. The number of urea groups is 1. The number of rotatable bonds is 7. The van der Waals surface area contributed by atoms with Gasteiger partial charge in [-0.15, -0.1) is 6.58 Å². The molecule has 18 heavy (non-hydrogen) atoms. The van der Waals surface area contributed by atoms with Gasteiger partial charge in [0.05, 0.1) is 6.61 Å². The van der Waals surface area contributed by atoms with Crippen LogP contribution in [0, 0.1) is 6.92 Å². The Labute approximate surface area is 108 Å². The number of nitrogens with one attached hydrogen (secondary N) is 2. The lowest BCUT2D eigenvalue weighted by atomic mass is 10.2. The summed E-state index contributed by atoms with van der Waals surface area (Å²) in [5.41, 5.74) is 1.21. The molecule has 0 unspecified atom stereocenters. The highest BCUT2D eigenvalue weighted by Gasteiger charge is 1.97. The summed E-state index contributed by atoms with van der Waals surface area (Å²) in [7, 11) is 0. The molecule has 0 saturated heterocycles. The maximum atomic E-state index is 11.2. The van der Waals surface area contributed by atoms with Crippen molar-refractivity contribution in [2.45, 2.75) is 13.3 Å². The first-order chi connectivity index (χ1) is 8.72. The predicted molar refractivity (Wildman–Crippen MR) is 72.9 cm³/mol. The SMILES string of the molecule is C=CCNC(=O)NCCCOc1ccc(C)cc1. The number of benzene rings is 1. The molecule has 0 aliphatic carbocycles. The van der Waals surface area contributed by atoms with E-state index in [-0.39, 0.29) is 6.03 Å². The Morgan fingerprint density at radius 2 is 2.06 bits per heavy atom. The molecule has 0 radical (unpaired) electrons. The van der Waals surface area contributed by atoms with Gasteiger partial charge in [-0.2, -0.15) is 0 Å². The van der Waals surface area contributed by atoms with E-state index in [0.29, 0.717) is 19.7 Å². The number of hydrogen-bond donors (Lipinski definition) is 2. The van der Waals surface area contributed by atoms with Crippen molar-refractivity contribution in [2.75, 3.05) is 19.7 Å². The van der Waals surface area contributed by atoms with Gasteiger partial charge in [0.25, 0.3) is 0 Å². The van der Waals surface area contributed by atoms with Gasteiger partial charge in [-0.05, 0) is 25.5 Å². The topological polar surface area (TPSA) is 50.4 Å². The van der Waals surface area contributed by atoms with Crippen LogP contribution in [0.15, 0.2) is 36.9 Å². The molecule has 1 rings (SSSR count). The monoisotopic (exact) mass is 248 g/mol. The van der Waals surface area contributed by atoms with E-state index in [1.54, 1.807) is 6.08 Å². The number of carbonyl (C=O) groups excluding carboxylic acids is 1. The van der Waals surface area contributed by atoms with Crippen LogP contribution >= 0.6 is 0 Å². The molecule has 0 bridgehead atoms. The number of hydrogen-bond acceptors (Lipinski definition) is 2. The predicted octanol–water partition coefficient (Wildman–Crippen LogP) is 2.25. The summed E-state index contributed by atoms with van der Waals surface area (Å²) in [6.07, 6.45) is 2.41. The second kappa shape index (κ2) is 8.17. The van der Waals surface area contributed by atoms with Crippen LogP contribution in [0.25, 0.3) is 0 Å². The van der Waals surface area contributed by atoms with Crippen LogP contribution in [0.2, 0.25) is 0 Å². The summed E-state index contributed by atoms with van der Waals surface area (Å²) in [5.74, 6) is 0.858. The molecular formula is C14H20N2O2. The van der Waals surface area contributed by atoms with Crippen LogP contribution in [-0.4, -0.2) is 25.7 Å². The Morgan fingerprint density at radius 3 is 2.72 bits per heavy atom. The molecule has 4 nitrogen and oxygen atoms in total. The molecule has 4 heteroatoms. The summed E-state index contributed by atoms with van der Waals surface area (Å²) in [6.45, 7) is 7.21. The molecule has 0 aliphatic heterocycles. The Hall–Kier alpha value is -1.97.